The number of hydrogen-bond donors (Lipinski definition) is 2. The van der Waals surface area contributed by atoms with Crippen molar-refractivity contribution in [1.82, 2.24) is 10.3 Å². The van der Waals surface area contributed by atoms with Gasteiger partial charge in [-0.3, -0.25) is 4.98 Å². The van der Waals surface area contributed by atoms with Crippen LogP contribution in [-0.4, -0.2) is 22.7 Å². The lowest BCUT2D eigenvalue weighted by atomic mass is 10.2. The number of aliphatic hydroxyl groups is 1. The fourth-order valence-electron chi connectivity index (χ4n) is 1.95. The van der Waals surface area contributed by atoms with Crippen LogP contribution in [0.3, 0.4) is 0 Å². The molecule has 21 heavy (non-hydrogen) atoms. The quantitative estimate of drug-likeness (QED) is 0.783. The second-order valence-corrected chi connectivity index (χ2v) is 4.96. The molecule has 112 valence electrons. The van der Waals surface area contributed by atoms with Gasteiger partial charge in [0.05, 0.1) is 6.61 Å². The van der Waals surface area contributed by atoms with Gasteiger partial charge in [0.1, 0.15) is 12.4 Å². The molecule has 0 aliphatic rings. The van der Waals surface area contributed by atoms with Gasteiger partial charge in [-0.2, -0.15) is 0 Å². The van der Waals surface area contributed by atoms with Crippen LogP contribution < -0.4 is 10.1 Å². The fraction of sp³-hybridized carbons (Fsp3) is 0.353. The van der Waals surface area contributed by atoms with Gasteiger partial charge in [-0.05, 0) is 41.8 Å². The van der Waals surface area contributed by atoms with Crippen molar-refractivity contribution in [3.8, 4) is 5.75 Å². The maximum Gasteiger partial charge on any atom is 0.119 e. The zero-order chi connectivity index (χ0) is 14.9. The molecular weight excluding hydrogens is 264 g/mol. The molecule has 1 aromatic carbocycles. The van der Waals surface area contributed by atoms with Crippen LogP contribution in [0.5, 0.6) is 5.75 Å². The molecule has 4 nitrogen and oxygen atoms in total. The summed E-state index contributed by atoms with van der Waals surface area (Å²) in [5, 5.41) is 12.5. The molecular formula is C17H22N2O2. The highest BCUT2D eigenvalue weighted by molar-refractivity contribution is 5.27. The average molecular weight is 286 g/mol. The van der Waals surface area contributed by atoms with Gasteiger partial charge >= 0.3 is 0 Å². The van der Waals surface area contributed by atoms with Gasteiger partial charge in [0.25, 0.3) is 0 Å². The number of nitrogens with zero attached hydrogens (tertiary/aromatic N) is 1. The number of nitrogens with one attached hydrogen (secondary N) is 1. The molecule has 1 atom stereocenters. The third-order valence-corrected chi connectivity index (χ3v) is 3.39. The van der Waals surface area contributed by atoms with Crippen LogP contribution in [0.15, 0.2) is 48.8 Å². The Hall–Kier alpha value is -1.91. The van der Waals surface area contributed by atoms with E-state index in [1.54, 1.807) is 12.4 Å². The van der Waals surface area contributed by atoms with Gasteiger partial charge in [0, 0.05) is 25.0 Å². The Morgan fingerprint density at radius 3 is 2.43 bits per heavy atom. The summed E-state index contributed by atoms with van der Waals surface area (Å²) >= 11 is 0. The van der Waals surface area contributed by atoms with E-state index in [4.69, 9.17) is 9.84 Å². The standard InChI is InChI=1S/C17H22N2O2/c1-2-16(12-20)19-11-14-3-5-17(6-4-14)21-13-15-7-9-18-10-8-15/h3-10,16,19-20H,2,11-13H2,1H3. The summed E-state index contributed by atoms with van der Waals surface area (Å²) in [6.45, 7) is 3.53. The zero-order valence-electron chi connectivity index (χ0n) is 12.3. The maximum absolute atomic E-state index is 9.14. The molecule has 4 heteroatoms. The molecule has 0 saturated carbocycles. The van der Waals surface area contributed by atoms with E-state index >= 15 is 0 Å². The first-order valence-corrected chi connectivity index (χ1v) is 7.26. The SMILES string of the molecule is CCC(CO)NCc1ccc(OCc2ccncc2)cc1. The van der Waals surface area contributed by atoms with E-state index in [9.17, 15) is 0 Å². The summed E-state index contributed by atoms with van der Waals surface area (Å²) in [4.78, 5) is 3.98. The molecule has 1 aromatic heterocycles. The average Bonchev–Trinajstić information content (AvgIpc) is 2.56. The minimum atomic E-state index is 0.160. The molecule has 0 fully saturated rings. The summed E-state index contributed by atoms with van der Waals surface area (Å²) in [6.07, 6.45) is 4.45. The normalized spacial score (nSPS) is 12.1. The third kappa shape index (κ3) is 5.17. The zero-order valence-corrected chi connectivity index (χ0v) is 12.3. The highest BCUT2D eigenvalue weighted by Gasteiger charge is 2.03. The number of rotatable bonds is 8. The Balaban J connectivity index is 1.81. The molecule has 1 unspecified atom stereocenters. The van der Waals surface area contributed by atoms with E-state index in [1.807, 2.05) is 36.4 Å². The van der Waals surface area contributed by atoms with Crippen molar-refractivity contribution in [2.24, 2.45) is 0 Å². The molecule has 0 spiro atoms. The second-order valence-electron chi connectivity index (χ2n) is 4.96. The highest BCUT2D eigenvalue weighted by atomic mass is 16.5. The van der Waals surface area contributed by atoms with E-state index in [-0.39, 0.29) is 12.6 Å². The predicted molar refractivity (Wildman–Crippen MR) is 83.0 cm³/mol. The summed E-state index contributed by atoms with van der Waals surface area (Å²) in [6, 6.07) is 12.1. The lowest BCUT2D eigenvalue weighted by molar-refractivity contribution is 0.238. The third-order valence-electron chi connectivity index (χ3n) is 3.39. The van der Waals surface area contributed by atoms with Gasteiger partial charge in [-0.1, -0.05) is 19.1 Å². The first-order valence-electron chi connectivity index (χ1n) is 7.26. The van der Waals surface area contributed by atoms with Crippen LogP contribution in [-0.2, 0) is 13.2 Å². The number of benzene rings is 1. The monoisotopic (exact) mass is 286 g/mol. The number of hydrogen-bond acceptors (Lipinski definition) is 4. The van der Waals surface area contributed by atoms with Crippen molar-refractivity contribution < 1.29 is 9.84 Å². The van der Waals surface area contributed by atoms with E-state index in [2.05, 4.69) is 17.2 Å². The summed E-state index contributed by atoms with van der Waals surface area (Å²) < 4.78 is 5.73. The van der Waals surface area contributed by atoms with Crippen LogP contribution >= 0.6 is 0 Å². The van der Waals surface area contributed by atoms with Crippen molar-refractivity contribution in [3.05, 3.63) is 59.9 Å². The minimum Gasteiger partial charge on any atom is -0.489 e. The van der Waals surface area contributed by atoms with Crippen LogP contribution in [0.25, 0.3) is 0 Å². The van der Waals surface area contributed by atoms with Crippen LogP contribution in [0, 0.1) is 0 Å². The Bertz CT molecular complexity index is 510. The number of aromatic nitrogens is 1. The number of aliphatic hydroxyl groups excluding tert-OH is 1. The molecule has 0 bridgehead atoms. The highest BCUT2D eigenvalue weighted by Crippen LogP contribution is 2.14. The molecule has 2 N–H and O–H groups in total. The van der Waals surface area contributed by atoms with Crippen LogP contribution in [0.2, 0.25) is 0 Å². The topological polar surface area (TPSA) is 54.4 Å². The molecule has 2 rings (SSSR count). The fourth-order valence-corrected chi connectivity index (χ4v) is 1.95. The van der Waals surface area contributed by atoms with Crippen molar-refractivity contribution in [1.29, 1.82) is 0 Å². The molecule has 1 heterocycles. The first-order chi connectivity index (χ1) is 10.3. The molecule has 2 aromatic rings. The van der Waals surface area contributed by atoms with Crippen molar-refractivity contribution >= 4 is 0 Å². The van der Waals surface area contributed by atoms with Crippen LogP contribution in [0.1, 0.15) is 24.5 Å². The Kier molecular flexibility index (Phi) is 6.19. The van der Waals surface area contributed by atoms with E-state index < -0.39 is 0 Å². The lowest BCUT2D eigenvalue weighted by Gasteiger charge is -2.14. The van der Waals surface area contributed by atoms with E-state index in [0.29, 0.717) is 6.61 Å². The maximum atomic E-state index is 9.14. The lowest BCUT2D eigenvalue weighted by Crippen LogP contribution is -2.31. The summed E-state index contributed by atoms with van der Waals surface area (Å²) in [7, 11) is 0. The second kappa shape index (κ2) is 8.39. The number of pyridine rings is 1. The first kappa shape index (κ1) is 15.5. The van der Waals surface area contributed by atoms with Gasteiger partial charge in [-0.25, -0.2) is 0 Å². The summed E-state index contributed by atoms with van der Waals surface area (Å²) in [5.74, 6) is 0.852. The Labute approximate surface area is 125 Å². The molecule has 0 saturated heterocycles. The van der Waals surface area contributed by atoms with Crippen molar-refractivity contribution in [2.75, 3.05) is 6.61 Å². The Morgan fingerprint density at radius 1 is 1.10 bits per heavy atom. The van der Waals surface area contributed by atoms with Gasteiger partial charge in [0.15, 0.2) is 0 Å². The van der Waals surface area contributed by atoms with Gasteiger partial charge in [-0.15, -0.1) is 0 Å². The molecule has 0 radical (unpaired) electrons. The Morgan fingerprint density at radius 2 is 1.81 bits per heavy atom. The largest absolute Gasteiger partial charge is 0.489 e. The number of ether oxygens (including phenoxy) is 1. The van der Waals surface area contributed by atoms with E-state index in [0.717, 1.165) is 24.3 Å². The van der Waals surface area contributed by atoms with Crippen LogP contribution in [0.4, 0.5) is 0 Å². The predicted octanol–water partition coefficient (Wildman–Crippen LogP) is 2.52. The van der Waals surface area contributed by atoms with Crippen molar-refractivity contribution in [3.63, 3.8) is 0 Å². The van der Waals surface area contributed by atoms with Crippen molar-refractivity contribution in [2.45, 2.75) is 32.5 Å². The van der Waals surface area contributed by atoms with Gasteiger partial charge < -0.3 is 15.2 Å². The summed E-state index contributed by atoms with van der Waals surface area (Å²) in [5.41, 5.74) is 2.28. The molecule has 0 amide bonds. The molecule has 0 aliphatic carbocycles. The smallest absolute Gasteiger partial charge is 0.119 e. The van der Waals surface area contributed by atoms with E-state index in [1.165, 1.54) is 5.56 Å². The minimum absolute atomic E-state index is 0.160. The van der Waals surface area contributed by atoms with Gasteiger partial charge in [0.2, 0.25) is 0 Å². The molecule has 0 aliphatic heterocycles.